The van der Waals surface area contributed by atoms with Crippen molar-refractivity contribution in [2.45, 2.75) is 6.29 Å². The standard InChI is InChI=1S/C20H23NO8/c1-25-17-14(22)10-9-13(20(28-4)29-5)15(17)21-11-7-6-8-12(18(23)26-2)16(21)19(24)27-3/h6-11,20,22H,1-5H3. The van der Waals surface area contributed by atoms with Crippen LogP contribution < -0.4 is 9.64 Å². The topological polar surface area (TPSA) is 104 Å². The highest BCUT2D eigenvalue weighted by Crippen LogP contribution is 2.45. The van der Waals surface area contributed by atoms with E-state index in [1.54, 1.807) is 18.2 Å². The van der Waals surface area contributed by atoms with Gasteiger partial charge in [-0.1, -0.05) is 6.08 Å². The van der Waals surface area contributed by atoms with Crippen molar-refractivity contribution in [3.8, 4) is 11.5 Å². The van der Waals surface area contributed by atoms with Gasteiger partial charge in [-0.2, -0.15) is 0 Å². The molecule has 0 radical (unpaired) electrons. The molecule has 0 fully saturated rings. The highest BCUT2D eigenvalue weighted by atomic mass is 16.7. The number of nitrogens with zero attached hydrogens (tertiary/aromatic N) is 1. The molecule has 2 rings (SSSR count). The Morgan fingerprint density at radius 3 is 2.17 bits per heavy atom. The number of methoxy groups -OCH3 is 5. The first-order valence-corrected chi connectivity index (χ1v) is 8.45. The van der Waals surface area contributed by atoms with Gasteiger partial charge in [-0.25, -0.2) is 9.59 Å². The van der Waals surface area contributed by atoms with Crippen LogP contribution in [0, 0.1) is 0 Å². The van der Waals surface area contributed by atoms with Crippen LogP contribution in [0.1, 0.15) is 11.9 Å². The predicted molar refractivity (Wildman–Crippen MR) is 103 cm³/mol. The summed E-state index contributed by atoms with van der Waals surface area (Å²) in [5.41, 5.74) is 0.470. The average molecular weight is 405 g/mol. The molecule has 1 aliphatic heterocycles. The van der Waals surface area contributed by atoms with E-state index in [9.17, 15) is 14.7 Å². The first-order chi connectivity index (χ1) is 13.9. The third-order valence-electron chi connectivity index (χ3n) is 4.16. The number of phenolic OH excluding ortho intramolecular Hbond substituents is 1. The van der Waals surface area contributed by atoms with Crippen LogP contribution >= 0.6 is 0 Å². The summed E-state index contributed by atoms with van der Waals surface area (Å²) in [6.45, 7) is 0. The van der Waals surface area contributed by atoms with Gasteiger partial charge in [0, 0.05) is 26.0 Å². The van der Waals surface area contributed by atoms with Crippen molar-refractivity contribution in [3.63, 3.8) is 0 Å². The van der Waals surface area contributed by atoms with E-state index in [1.807, 2.05) is 0 Å². The molecule has 1 heterocycles. The Morgan fingerprint density at radius 2 is 1.62 bits per heavy atom. The molecule has 1 aromatic rings. The Labute approximate surface area is 168 Å². The van der Waals surface area contributed by atoms with Gasteiger partial charge in [-0.15, -0.1) is 0 Å². The van der Waals surface area contributed by atoms with Crippen LogP contribution in [0.25, 0.3) is 0 Å². The second-order valence-corrected chi connectivity index (χ2v) is 5.68. The van der Waals surface area contributed by atoms with Crippen LogP contribution in [0.4, 0.5) is 5.69 Å². The molecule has 1 aromatic carbocycles. The number of hydrogen-bond donors (Lipinski definition) is 1. The number of aromatic hydroxyl groups is 1. The third-order valence-corrected chi connectivity index (χ3v) is 4.16. The zero-order chi connectivity index (χ0) is 21.6. The van der Waals surface area contributed by atoms with Gasteiger partial charge >= 0.3 is 11.9 Å². The molecule has 156 valence electrons. The lowest BCUT2D eigenvalue weighted by atomic mass is 10.1. The normalized spacial score (nSPS) is 13.5. The fourth-order valence-electron chi connectivity index (χ4n) is 2.90. The Balaban J connectivity index is 2.90. The van der Waals surface area contributed by atoms with E-state index in [-0.39, 0.29) is 28.5 Å². The molecule has 0 spiro atoms. The van der Waals surface area contributed by atoms with Crippen LogP contribution in [0.15, 0.2) is 47.8 Å². The van der Waals surface area contributed by atoms with Gasteiger partial charge < -0.3 is 33.7 Å². The summed E-state index contributed by atoms with van der Waals surface area (Å²) in [6.07, 6.45) is 5.24. The van der Waals surface area contributed by atoms with Gasteiger partial charge in [0.05, 0.1) is 26.9 Å². The van der Waals surface area contributed by atoms with Crippen LogP contribution in [-0.4, -0.2) is 52.6 Å². The molecule has 0 unspecified atom stereocenters. The van der Waals surface area contributed by atoms with Crippen molar-refractivity contribution in [1.29, 1.82) is 0 Å². The number of esters is 2. The summed E-state index contributed by atoms with van der Waals surface area (Å²) in [5.74, 6) is -1.69. The number of allylic oxidation sites excluding steroid dienone is 2. The van der Waals surface area contributed by atoms with E-state index in [0.29, 0.717) is 5.56 Å². The number of phenols is 1. The van der Waals surface area contributed by atoms with Gasteiger partial charge in [-0.3, -0.25) is 0 Å². The molecule has 9 nitrogen and oxygen atoms in total. The maximum Gasteiger partial charge on any atom is 0.355 e. The molecule has 0 aromatic heterocycles. The minimum Gasteiger partial charge on any atom is -0.504 e. The van der Waals surface area contributed by atoms with Gasteiger partial charge in [0.15, 0.2) is 17.8 Å². The maximum absolute atomic E-state index is 12.7. The van der Waals surface area contributed by atoms with Crippen molar-refractivity contribution < 1.29 is 38.4 Å². The van der Waals surface area contributed by atoms with E-state index in [4.69, 9.17) is 23.7 Å². The Bertz CT molecular complexity index is 867. The zero-order valence-corrected chi connectivity index (χ0v) is 16.8. The molecule has 1 N–H and O–H groups in total. The fourth-order valence-corrected chi connectivity index (χ4v) is 2.90. The Hall–Kier alpha value is -3.30. The molecule has 0 saturated carbocycles. The summed E-state index contributed by atoms with van der Waals surface area (Å²) in [7, 11) is 6.63. The summed E-state index contributed by atoms with van der Waals surface area (Å²) in [6, 6.07) is 2.97. The highest BCUT2D eigenvalue weighted by Gasteiger charge is 2.33. The SMILES string of the molecule is COC(=O)C1=C(C(=O)OC)N(c2c(C(OC)OC)ccc(O)c2OC)C=CC=C1. The molecular weight excluding hydrogens is 382 g/mol. The zero-order valence-electron chi connectivity index (χ0n) is 16.8. The van der Waals surface area contributed by atoms with E-state index in [0.717, 1.165) is 0 Å². The van der Waals surface area contributed by atoms with Crippen LogP contribution in [0.2, 0.25) is 0 Å². The first kappa shape index (κ1) is 22.0. The summed E-state index contributed by atoms with van der Waals surface area (Å²) < 4.78 is 25.8. The van der Waals surface area contributed by atoms with E-state index < -0.39 is 18.2 Å². The molecule has 1 aliphatic rings. The lowest BCUT2D eigenvalue weighted by Gasteiger charge is -2.29. The molecule has 9 heteroatoms. The first-order valence-electron chi connectivity index (χ1n) is 8.45. The Kier molecular flexibility index (Phi) is 7.40. The number of rotatable bonds is 7. The minimum atomic E-state index is -0.857. The van der Waals surface area contributed by atoms with Crippen LogP contribution in [0.5, 0.6) is 11.5 Å². The summed E-state index contributed by atoms with van der Waals surface area (Å²) >= 11 is 0. The smallest absolute Gasteiger partial charge is 0.355 e. The van der Waals surface area contributed by atoms with Gasteiger partial charge in [-0.05, 0) is 24.3 Å². The minimum absolute atomic E-state index is 0.0405. The summed E-state index contributed by atoms with van der Waals surface area (Å²) in [5, 5.41) is 10.4. The largest absolute Gasteiger partial charge is 0.504 e. The third kappa shape index (κ3) is 4.25. The number of anilines is 1. The number of ether oxygens (including phenoxy) is 5. The molecule has 0 amide bonds. The van der Waals surface area contributed by atoms with Crippen molar-refractivity contribution in [1.82, 2.24) is 0 Å². The van der Waals surface area contributed by atoms with E-state index in [1.165, 1.54) is 58.8 Å². The molecule has 0 aliphatic carbocycles. The van der Waals surface area contributed by atoms with E-state index >= 15 is 0 Å². The molecule has 0 atom stereocenters. The second kappa shape index (κ2) is 9.76. The summed E-state index contributed by atoms with van der Waals surface area (Å²) in [4.78, 5) is 26.4. The highest BCUT2D eigenvalue weighted by molar-refractivity contribution is 6.06. The van der Waals surface area contributed by atoms with E-state index in [2.05, 4.69) is 0 Å². The lowest BCUT2D eigenvalue weighted by Crippen LogP contribution is -2.28. The maximum atomic E-state index is 12.7. The number of hydrogen-bond acceptors (Lipinski definition) is 9. The molecule has 0 saturated heterocycles. The lowest BCUT2D eigenvalue weighted by molar-refractivity contribution is -0.139. The van der Waals surface area contributed by atoms with Gasteiger partial charge in [0.25, 0.3) is 0 Å². The Morgan fingerprint density at radius 1 is 0.966 bits per heavy atom. The fraction of sp³-hybridized carbons (Fsp3) is 0.300. The molecule has 0 bridgehead atoms. The van der Waals surface area contributed by atoms with Gasteiger partial charge in [0.2, 0.25) is 0 Å². The number of carbonyl (C=O) groups excluding carboxylic acids is 2. The second-order valence-electron chi connectivity index (χ2n) is 5.68. The van der Waals surface area contributed by atoms with Gasteiger partial charge in [0.1, 0.15) is 11.4 Å². The molecule has 29 heavy (non-hydrogen) atoms. The number of carbonyl (C=O) groups is 2. The molecular formula is C20H23NO8. The monoisotopic (exact) mass is 405 g/mol. The van der Waals surface area contributed by atoms with Crippen LogP contribution in [0.3, 0.4) is 0 Å². The van der Waals surface area contributed by atoms with Crippen molar-refractivity contribution in [2.75, 3.05) is 40.4 Å². The average Bonchev–Trinajstić information content (AvgIpc) is 2.96. The van der Waals surface area contributed by atoms with Crippen molar-refractivity contribution in [2.24, 2.45) is 0 Å². The van der Waals surface area contributed by atoms with Crippen molar-refractivity contribution >= 4 is 17.6 Å². The van der Waals surface area contributed by atoms with Crippen molar-refractivity contribution in [3.05, 3.63) is 53.4 Å². The number of benzene rings is 1. The van der Waals surface area contributed by atoms with Crippen LogP contribution in [-0.2, 0) is 28.5 Å². The predicted octanol–water partition coefficient (Wildman–Crippen LogP) is 2.18. The quantitative estimate of drug-likeness (QED) is 0.540.